The van der Waals surface area contributed by atoms with Gasteiger partial charge in [-0.3, -0.25) is 0 Å². The van der Waals surface area contributed by atoms with Crippen molar-refractivity contribution in [1.82, 2.24) is 10.6 Å². The first-order chi connectivity index (χ1) is 13.1. The van der Waals surface area contributed by atoms with Crippen LogP contribution < -0.4 is 15.4 Å². The van der Waals surface area contributed by atoms with E-state index in [1.165, 1.54) is 0 Å². The molecule has 6 nitrogen and oxygen atoms in total. The number of aliphatic imine (C=N–C) groups is 1. The van der Waals surface area contributed by atoms with Gasteiger partial charge < -0.3 is 25.2 Å². The molecule has 6 heteroatoms. The predicted molar refractivity (Wildman–Crippen MR) is 111 cm³/mol. The van der Waals surface area contributed by atoms with Gasteiger partial charge in [0.05, 0.1) is 13.2 Å². The highest BCUT2D eigenvalue weighted by Crippen LogP contribution is 2.21. The van der Waals surface area contributed by atoms with Crippen LogP contribution >= 0.6 is 0 Å². The van der Waals surface area contributed by atoms with Crippen LogP contribution in [-0.4, -0.2) is 51.1 Å². The number of nitrogens with zero attached hydrogens (tertiary/aromatic N) is 1. The molecule has 27 heavy (non-hydrogen) atoms. The number of benzene rings is 1. The summed E-state index contributed by atoms with van der Waals surface area (Å²) < 4.78 is 10.9. The zero-order chi connectivity index (χ0) is 19.9. The number of hydrogen-bond donors (Lipinski definition) is 3. The second-order valence-corrected chi connectivity index (χ2v) is 6.70. The number of hydrogen-bond acceptors (Lipinski definition) is 4. The molecule has 1 aromatic carbocycles. The lowest BCUT2D eigenvalue weighted by Gasteiger charge is -2.18. The van der Waals surface area contributed by atoms with E-state index in [9.17, 15) is 5.11 Å². The first kappa shape index (κ1) is 23.2. The van der Waals surface area contributed by atoms with Gasteiger partial charge in [0.15, 0.2) is 5.96 Å². The normalized spacial score (nSPS) is 12.7. The number of aryl methyl sites for hydroxylation is 1. The summed E-state index contributed by atoms with van der Waals surface area (Å²) in [4.78, 5) is 4.72. The summed E-state index contributed by atoms with van der Waals surface area (Å²) in [5.41, 5.74) is 2.21. The van der Waals surface area contributed by atoms with Crippen molar-refractivity contribution < 1.29 is 14.6 Å². The van der Waals surface area contributed by atoms with Crippen molar-refractivity contribution in [1.29, 1.82) is 0 Å². The molecular formula is C21H37N3O3. The summed E-state index contributed by atoms with van der Waals surface area (Å²) in [5.74, 6) is 2.10. The summed E-state index contributed by atoms with van der Waals surface area (Å²) in [6.45, 7) is 9.74. The Morgan fingerprint density at radius 3 is 2.67 bits per heavy atom. The second kappa shape index (κ2) is 14.3. The molecule has 0 radical (unpaired) electrons. The molecule has 1 aromatic rings. The minimum Gasteiger partial charge on any atom is -0.491 e. The molecule has 0 bridgehead atoms. The molecule has 0 aliphatic carbocycles. The van der Waals surface area contributed by atoms with Gasteiger partial charge in [-0.25, -0.2) is 4.99 Å². The van der Waals surface area contributed by atoms with Gasteiger partial charge >= 0.3 is 0 Å². The maximum absolute atomic E-state index is 9.23. The summed E-state index contributed by atoms with van der Waals surface area (Å²) in [6, 6.07) is 6.18. The number of rotatable bonds is 13. The second-order valence-electron chi connectivity index (χ2n) is 6.70. The topological polar surface area (TPSA) is 75.1 Å². The van der Waals surface area contributed by atoms with Gasteiger partial charge in [0.1, 0.15) is 12.4 Å². The highest BCUT2D eigenvalue weighted by atomic mass is 16.5. The minimum absolute atomic E-state index is 0.228. The van der Waals surface area contributed by atoms with E-state index in [-0.39, 0.29) is 6.61 Å². The first-order valence-electron chi connectivity index (χ1n) is 9.98. The van der Waals surface area contributed by atoms with Crippen molar-refractivity contribution in [3.8, 4) is 5.75 Å². The van der Waals surface area contributed by atoms with E-state index in [1.54, 1.807) is 7.11 Å². The lowest BCUT2D eigenvalue weighted by molar-refractivity contribution is 0.145. The highest BCUT2D eigenvalue weighted by Gasteiger charge is 2.09. The Kier molecular flexibility index (Phi) is 12.3. The number of nitrogens with one attached hydrogen (secondary N) is 2. The minimum atomic E-state index is 0.228. The van der Waals surface area contributed by atoms with Crippen LogP contribution in [-0.2, 0) is 11.3 Å². The van der Waals surface area contributed by atoms with Crippen LogP contribution in [0.15, 0.2) is 23.2 Å². The summed E-state index contributed by atoms with van der Waals surface area (Å²) >= 11 is 0. The Hall–Kier alpha value is -1.79. The van der Waals surface area contributed by atoms with Crippen molar-refractivity contribution >= 4 is 5.96 Å². The molecule has 154 valence electrons. The van der Waals surface area contributed by atoms with E-state index in [4.69, 9.17) is 14.5 Å². The highest BCUT2D eigenvalue weighted by molar-refractivity contribution is 5.79. The van der Waals surface area contributed by atoms with Crippen molar-refractivity contribution in [3.63, 3.8) is 0 Å². The largest absolute Gasteiger partial charge is 0.491 e. The van der Waals surface area contributed by atoms with Crippen molar-refractivity contribution in [3.05, 3.63) is 29.3 Å². The molecule has 0 aliphatic heterocycles. The molecule has 0 heterocycles. The quantitative estimate of drug-likeness (QED) is 0.279. The molecule has 0 aromatic heterocycles. The van der Waals surface area contributed by atoms with E-state index in [0.717, 1.165) is 55.2 Å². The average molecular weight is 380 g/mol. The average Bonchev–Trinajstić information content (AvgIpc) is 2.65. The molecule has 1 unspecified atom stereocenters. The molecule has 0 fully saturated rings. The Labute approximate surface area is 164 Å². The van der Waals surface area contributed by atoms with E-state index >= 15 is 0 Å². The fraction of sp³-hybridized carbons (Fsp3) is 0.667. The van der Waals surface area contributed by atoms with Gasteiger partial charge in [0.2, 0.25) is 0 Å². The van der Waals surface area contributed by atoms with Gasteiger partial charge in [-0.2, -0.15) is 0 Å². The molecule has 0 spiro atoms. The molecule has 0 aliphatic rings. The van der Waals surface area contributed by atoms with Gasteiger partial charge in [-0.05, 0) is 44.2 Å². The van der Waals surface area contributed by atoms with E-state index in [0.29, 0.717) is 25.7 Å². The third-order valence-electron chi connectivity index (χ3n) is 4.31. The van der Waals surface area contributed by atoms with Crippen molar-refractivity contribution in [2.75, 3.05) is 40.0 Å². The third kappa shape index (κ3) is 9.63. The molecule has 3 N–H and O–H groups in total. The van der Waals surface area contributed by atoms with E-state index in [2.05, 4.69) is 43.5 Å². The van der Waals surface area contributed by atoms with Crippen LogP contribution in [0.25, 0.3) is 0 Å². The van der Waals surface area contributed by atoms with E-state index in [1.807, 2.05) is 6.07 Å². The monoisotopic (exact) mass is 379 g/mol. The van der Waals surface area contributed by atoms with Crippen molar-refractivity contribution in [2.24, 2.45) is 10.9 Å². The molecule has 1 rings (SSSR count). The molecular weight excluding hydrogens is 342 g/mol. The Morgan fingerprint density at radius 1 is 1.19 bits per heavy atom. The predicted octanol–water partition coefficient (Wildman–Crippen LogP) is 2.87. The fourth-order valence-corrected chi connectivity index (χ4v) is 2.85. The summed E-state index contributed by atoms with van der Waals surface area (Å²) in [5, 5.41) is 15.9. The van der Waals surface area contributed by atoms with Crippen LogP contribution in [0.5, 0.6) is 5.75 Å². The van der Waals surface area contributed by atoms with Crippen molar-refractivity contribution in [2.45, 2.75) is 46.6 Å². The lowest BCUT2D eigenvalue weighted by Crippen LogP contribution is -2.40. The molecule has 1 atom stereocenters. The lowest BCUT2D eigenvalue weighted by atomic mass is 10.0. The number of aliphatic hydroxyl groups excluding tert-OH is 1. The van der Waals surface area contributed by atoms with Gasteiger partial charge in [0.25, 0.3) is 0 Å². The van der Waals surface area contributed by atoms with Gasteiger partial charge in [-0.15, -0.1) is 0 Å². The molecule has 0 amide bonds. The molecule has 0 saturated carbocycles. The smallest absolute Gasteiger partial charge is 0.191 e. The van der Waals surface area contributed by atoms with Crippen LogP contribution in [0.1, 0.15) is 44.2 Å². The van der Waals surface area contributed by atoms with Gasteiger partial charge in [-0.1, -0.05) is 25.5 Å². The third-order valence-corrected chi connectivity index (χ3v) is 4.31. The Balaban J connectivity index is 2.75. The van der Waals surface area contributed by atoms with Crippen LogP contribution in [0.4, 0.5) is 0 Å². The standard InChI is InChI=1S/C21H37N3O3/c1-5-7-18(10-11-25)15-23-21(22-6-2)24-16-19-9-8-17(3)14-20(19)27-13-12-26-4/h8-9,14,18,25H,5-7,10-13,15-16H2,1-4H3,(H2,22,23,24). The van der Waals surface area contributed by atoms with Gasteiger partial charge in [0, 0.05) is 32.4 Å². The maximum Gasteiger partial charge on any atom is 0.191 e. The first-order valence-corrected chi connectivity index (χ1v) is 9.98. The summed E-state index contributed by atoms with van der Waals surface area (Å²) in [7, 11) is 1.67. The molecule has 0 saturated heterocycles. The number of guanidine groups is 1. The van der Waals surface area contributed by atoms with Crippen LogP contribution in [0, 0.1) is 12.8 Å². The fourth-order valence-electron chi connectivity index (χ4n) is 2.85. The van der Waals surface area contributed by atoms with Crippen LogP contribution in [0.3, 0.4) is 0 Å². The zero-order valence-corrected chi connectivity index (χ0v) is 17.4. The Bertz CT molecular complexity index is 543. The zero-order valence-electron chi connectivity index (χ0n) is 17.4. The van der Waals surface area contributed by atoms with Crippen LogP contribution in [0.2, 0.25) is 0 Å². The SMILES string of the molecule is CCCC(CCO)CNC(=NCc1ccc(C)cc1OCCOC)NCC. The number of ether oxygens (including phenoxy) is 2. The van der Waals surface area contributed by atoms with E-state index < -0.39 is 0 Å². The summed E-state index contributed by atoms with van der Waals surface area (Å²) in [6.07, 6.45) is 3.03. The number of aliphatic hydroxyl groups is 1. The number of methoxy groups -OCH3 is 1. The Morgan fingerprint density at radius 2 is 2.00 bits per heavy atom. The maximum atomic E-state index is 9.23.